The monoisotopic (exact) mass is 267 g/mol. The van der Waals surface area contributed by atoms with Crippen molar-refractivity contribution in [3.8, 4) is 11.1 Å². The molecule has 0 heterocycles. The third kappa shape index (κ3) is 3.78. The van der Waals surface area contributed by atoms with Gasteiger partial charge in [0.25, 0.3) is 0 Å². The fraction of sp³-hybridized carbons (Fsp3) is 0.278. The zero-order valence-electron chi connectivity index (χ0n) is 12.4. The molecule has 0 bridgehead atoms. The molecule has 0 amide bonds. The number of hydrogen-bond acceptors (Lipinski definition) is 2. The molecule has 2 aromatic carbocycles. The summed E-state index contributed by atoms with van der Waals surface area (Å²) in [5.41, 5.74) is 4.38. The van der Waals surface area contributed by atoms with Crippen LogP contribution in [0.3, 0.4) is 0 Å². The third-order valence-corrected chi connectivity index (χ3v) is 3.38. The van der Waals surface area contributed by atoms with E-state index in [0.29, 0.717) is 6.42 Å². The Hall–Kier alpha value is -1.93. The first kappa shape index (κ1) is 14.5. The molecule has 2 nitrogen and oxygen atoms in total. The van der Waals surface area contributed by atoms with Crippen LogP contribution in [0.25, 0.3) is 11.1 Å². The molecule has 0 fully saturated rings. The largest absolute Gasteiger partial charge is 0.309 e. The number of carbonyl (C=O) groups excluding carboxylic acids is 1. The maximum Gasteiger partial charge on any atom is 0.164 e. The van der Waals surface area contributed by atoms with Gasteiger partial charge in [0, 0.05) is 18.5 Å². The van der Waals surface area contributed by atoms with Crippen LogP contribution in [-0.2, 0) is 0 Å². The minimum absolute atomic E-state index is 0.203. The molecule has 0 unspecified atom stereocenters. The van der Waals surface area contributed by atoms with Crippen molar-refractivity contribution in [2.24, 2.45) is 0 Å². The van der Waals surface area contributed by atoms with Crippen LogP contribution in [-0.4, -0.2) is 31.3 Å². The summed E-state index contributed by atoms with van der Waals surface area (Å²) in [7, 11) is 3.96. The second-order valence-electron chi connectivity index (χ2n) is 5.42. The maximum atomic E-state index is 12.0. The average Bonchev–Trinajstić information content (AvgIpc) is 2.46. The van der Waals surface area contributed by atoms with Crippen molar-refractivity contribution in [1.82, 2.24) is 4.90 Å². The van der Waals surface area contributed by atoms with Gasteiger partial charge in [-0.05, 0) is 32.1 Å². The number of Topliss-reactive ketones (excluding diaryl/α,β-unsaturated/α-hetero) is 1. The molecule has 0 atom stereocenters. The predicted molar refractivity (Wildman–Crippen MR) is 84.1 cm³/mol. The van der Waals surface area contributed by atoms with Gasteiger partial charge in [-0.25, -0.2) is 0 Å². The fourth-order valence-electron chi connectivity index (χ4n) is 2.06. The number of aryl methyl sites for hydroxylation is 1. The van der Waals surface area contributed by atoms with Crippen LogP contribution in [0.15, 0.2) is 48.5 Å². The minimum atomic E-state index is 0.203. The summed E-state index contributed by atoms with van der Waals surface area (Å²) >= 11 is 0. The number of rotatable bonds is 5. The van der Waals surface area contributed by atoms with Gasteiger partial charge in [-0.2, -0.15) is 0 Å². The molecule has 0 aliphatic rings. The molecule has 2 rings (SSSR count). The summed E-state index contributed by atoms with van der Waals surface area (Å²) in [6, 6.07) is 16.3. The van der Waals surface area contributed by atoms with Crippen molar-refractivity contribution in [3.05, 3.63) is 59.7 Å². The van der Waals surface area contributed by atoms with Crippen molar-refractivity contribution < 1.29 is 4.79 Å². The standard InChI is InChI=1S/C18H21NO/c1-14-4-6-15(7-5-14)16-8-10-17(11-9-16)18(20)12-13-19(2)3/h4-11H,12-13H2,1-3H3. The first-order valence-electron chi connectivity index (χ1n) is 6.91. The van der Waals surface area contributed by atoms with Gasteiger partial charge < -0.3 is 4.90 Å². The lowest BCUT2D eigenvalue weighted by atomic mass is 10.0. The number of ketones is 1. The molecule has 0 aromatic heterocycles. The summed E-state index contributed by atoms with van der Waals surface area (Å²) in [5, 5.41) is 0. The summed E-state index contributed by atoms with van der Waals surface area (Å²) in [6.07, 6.45) is 0.566. The van der Waals surface area contributed by atoms with Crippen LogP contribution >= 0.6 is 0 Å². The lowest BCUT2D eigenvalue weighted by Crippen LogP contribution is -2.16. The summed E-state index contributed by atoms with van der Waals surface area (Å²) in [4.78, 5) is 14.0. The lowest BCUT2D eigenvalue weighted by molar-refractivity contribution is 0.0972. The van der Waals surface area contributed by atoms with Crippen LogP contribution in [0, 0.1) is 6.92 Å². The first-order chi connectivity index (χ1) is 9.56. The van der Waals surface area contributed by atoms with E-state index in [2.05, 4.69) is 31.2 Å². The number of carbonyl (C=O) groups is 1. The minimum Gasteiger partial charge on any atom is -0.309 e. The molecular weight excluding hydrogens is 246 g/mol. The van der Waals surface area contributed by atoms with Crippen molar-refractivity contribution >= 4 is 5.78 Å². The number of hydrogen-bond donors (Lipinski definition) is 0. The Labute approximate surface area is 121 Å². The summed E-state index contributed by atoms with van der Waals surface area (Å²) < 4.78 is 0. The Balaban J connectivity index is 2.10. The van der Waals surface area contributed by atoms with E-state index in [9.17, 15) is 4.79 Å². The molecular formula is C18H21NO. The highest BCUT2D eigenvalue weighted by Crippen LogP contribution is 2.20. The predicted octanol–water partition coefficient (Wildman–Crippen LogP) is 3.80. The van der Waals surface area contributed by atoms with E-state index in [-0.39, 0.29) is 5.78 Å². The third-order valence-electron chi connectivity index (χ3n) is 3.38. The quantitative estimate of drug-likeness (QED) is 0.768. The van der Waals surface area contributed by atoms with Gasteiger partial charge in [0.1, 0.15) is 0 Å². The highest BCUT2D eigenvalue weighted by molar-refractivity contribution is 5.96. The van der Waals surface area contributed by atoms with Crippen molar-refractivity contribution in [2.75, 3.05) is 20.6 Å². The second-order valence-corrected chi connectivity index (χ2v) is 5.42. The molecule has 0 spiro atoms. The van der Waals surface area contributed by atoms with Gasteiger partial charge in [-0.15, -0.1) is 0 Å². The second kappa shape index (κ2) is 6.49. The Morgan fingerprint density at radius 2 is 1.40 bits per heavy atom. The van der Waals surface area contributed by atoms with E-state index in [1.54, 1.807) is 0 Å². The van der Waals surface area contributed by atoms with Gasteiger partial charge >= 0.3 is 0 Å². The van der Waals surface area contributed by atoms with Gasteiger partial charge in [0.2, 0.25) is 0 Å². The first-order valence-corrected chi connectivity index (χ1v) is 6.91. The fourth-order valence-corrected chi connectivity index (χ4v) is 2.06. The Morgan fingerprint density at radius 3 is 1.90 bits per heavy atom. The highest BCUT2D eigenvalue weighted by Gasteiger charge is 2.06. The van der Waals surface area contributed by atoms with Gasteiger partial charge in [-0.1, -0.05) is 54.1 Å². The molecule has 0 radical (unpaired) electrons. The Kier molecular flexibility index (Phi) is 4.70. The van der Waals surface area contributed by atoms with E-state index >= 15 is 0 Å². The normalized spacial score (nSPS) is 10.8. The molecule has 2 aromatic rings. The van der Waals surface area contributed by atoms with Gasteiger partial charge in [0.05, 0.1) is 0 Å². The van der Waals surface area contributed by atoms with Gasteiger partial charge in [0.15, 0.2) is 5.78 Å². The smallest absolute Gasteiger partial charge is 0.164 e. The van der Waals surface area contributed by atoms with Crippen LogP contribution in [0.4, 0.5) is 0 Å². The van der Waals surface area contributed by atoms with Gasteiger partial charge in [-0.3, -0.25) is 4.79 Å². The molecule has 0 saturated heterocycles. The average molecular weight is 267 g/mol. The molecule has 2 heteroatoms. The van der Waals surface area contributed by atoms with Crippen LogP contribution in [0.2, 0.25) is 0 Å². The zero-order valence-corrected chi connectivity index (χ0v) is 12.4. The number of benzene rings is 2. The molecule has 0 aliphatic heterocycles. The number of nitrogens with zero attached hydrogens (tertiary/aromatic N) is 1. The SMILES string of the molecule is Cc1ccc(-c2ccc(C(=O)CCN(C)C)cc2)cc1. The molecule has 0 saturated carbocycles. The zero-order chi connectivity index (χ0) is 14.5. The van der Waals surface area contributed by atoms with Crippen molar-refractivity contribution in [1.29, 1.82) is 0 Å². The highest BCUT2D eigenvalue weighted by atomic mass is 16.1. The molecule has 20 heavy (non-hydrogen) atoms. The van der Waals surface area contributed by atoms with E-state index in [1.165, 1.54) is 11.1 Å². The van der Waals surface area contributed by atoms with E-state index in [0.717, 1.165) is 17.7 Å². The Morgan fingerprint density at radius 1 is 0.900 bits per heavy atom. The van der Waals surface area contributed by atoms with Crippen LogP contribution < -0.4 is 0 Å². The molecule has 0 N–H and O–H groups in total. The Bertz CT molecular complexity index is 567. The topological polar surface area (TPSA) is 20.3 Å². The van der Waals surface area contributed by atoms with E-state index in [4.69, 9.17) is 0 Å². The molecule has 104 valence electrons. The van der Waals surface area contributed by atoms with E-state index < -0.39 is 0 Å². The lowest BCUT2D eigenvalue weighted by Gasteiger charge is -2.09. The van der Waals surface area contributed by atoms with Crippen LogP contribution in [0.1, 0.15) is 22.3 Å². The van der Waals surface area contributed by atoms with Crippen molar-refractivity contribution in [2.45, 2.75) is 13.3 Å². The summed E-state index contributed by atoms with van der Waals surface area (Å²) in [6.45, 7) is 2.87. The maximum absolute atomic E-state index is 12.0. The van der Waals surface area contributed by atoms with E-state index in [1.807, 2.05) is 43.3 Å². The molecule has 0 aliphatic carbocycles. The summed E-state index contributed by atoms with van der Waals surface area (Å²) in [5.74, 6) is 0.203. The van der Waals surface area contributed by atoms with Crippen molar-refractivity contribution in [3.63, 3.8) is 0 Å². The van der Waals surface area contributed by atoms with Crippen LogP contribution in [0.5, 0.6) is 0 Å².